The molecule has 0 aliphatic rings. The Morgan fingerprint density at radius 3 is 1.89 bits per heavy atom. The lowest BCUT2D eigenvalue weighted by Gasteiger charge is -2.15. The molecule has 0 aliphatic carbocycles. The van der Waals surface area contributed by atoms with E-state index in [1.807, 2.05) is 0 Å². The molecule has 0 aromatic rings. The molecule has 4 heteroatoms. The maximum absolute atomic E-state index is 2.89. The summed E-state index contributed by atoms with van der Waals surface area (Å²) in [6, 6.07) is 0. The number of rotatable bonds is 4. The first kappa shape index (κ1) is 10.7. The minimum atomic E-state index is 0.751. The molecule has 0 aromatic heterocycles. The topological polar surface area (TPSA) is 0 Å². The van der Waals surface area contributed by atoms with Crippen molar-refractivity contribution in [3.8, 4) is 0 Å². The molecule has 0 nitrogen and oxygen atoms in total. The largest absolute Gasteiger partial charge is 0.138 e. The molecule has 6 atom stereocenters. The smallest absolute Gasteiger partial charge is 0.0167 e. The molecular weight excluding hydrogens is 184 g/mol. The third-order valence-corrected chi connectivity index (χ3v) is 4.78. The van der Waals surface area contributed by atoms with Crippen molar-refractivity contribution >= 4 is 37.0 Å². The third kappa shape index (κ3) is 5.04. The van der Waals surface area contributed by atoms with E-state index in [0.717, 1.165) is 11.3 Å². The fourth-order valence-corrected chi connectivity index (χ4v) is 2.56. The first-order valence-electron chi connectivity index (χ1n) is 3.13. The van der Waals surface area contributed by atoms with E-state index in [9.17, 15) is 0 Å². The van der Waals surface area contributed by atoms with Gasteiger partial charge in [-0.25, -0.2) is 0 Å². The van der Waals surface area contributed by atoms with E-state index in [1.54, 1.807) is 0 Å². The Bertz CT molecular complexity index is 66.0. The molecule has 0 bridgehead atoms. The van der Waals surface area contributed by atoms with Crippen LogP contribution in [0.3, 0.4) is 0 Å². The van der Waals surface area contributed by atoms with Crippen molar-refractivity contribution in [1.29, 1.82) is 0 Å². The molecule has 0 aliphatic heterocycles. The van der Waals surface area contributed by atoms with Crippen molar-refractivity contribution in [2.24, 2.45) is 0 Å². The van der Waals surface area contributed by atoms with Crippen LogP contribution in [0.1, 0.15) is 6.42 Å². The van der Waals surface area contributed by atoms with Crippen LogP contribution >= 0.6 is 37.0 Å². The average molecular weight is 200 g/mol. The van der Waals surface area contributed by atoms with E-state index >= 15 is 0 Å². The van der Waals surface area contributed by atoms with Gasteiger partial charge in [-0.15, -0.1) is 37.0 Å². The van der Waals surface area contributed by atoms with Gasteiger partial charge in [0.1, 0.15) is 0 Å². The highest BCUT2D eigenvalue weighted by molar-refractivity contribution is 7.25. The molecule has 0 saturated heterocycles. The van der Waals surface area contributed by atoms with Gasteiger partial charge in [0.15, 0.2) is 0 Å². The van der Waals surface area contributed by atoms with Crippen LogP contribution in [0.2, 0.25) is 0 Å². The molecule has 0 spiro atoms. The second kappa shape index (κ2) is 6.43. The third-order valence-electron chi connectivity index (χ3n) is 1.32. The van der Waals surface area contributed by atoms with Crippen molar-refractivity contribution in [3.63, 3.8) is 0 Å². The molecule has 56 valence electrons. The lowest BCUT2D eigenvalue weighted by molar-refractivity contribution is 0.823. The minimum absolute atomic E-state index is 0.751. The summed E-state index contributed by atoms with van der Waals surface area (Å²) >= 11 is 0. The Morgan fingerprint density at radius 1 is 1.00 bits per heavy atom. The highest BCUT2D eigenvalue weighted by Crippen LogP contribution is 2.20. The molecule has 0 amide bonds. The first-order valence-corrected chi connectivity index (χ1v) is 6.10. The van der Waals surface area contributed by atoms with Crippen LogP contribution in [0.25, 0.3) is 0 Å². The number of hydrogen-bond donors (Lipinski definition) is 0. The standard InChI is InChI=1S/C5H16P4/c6-2-1-4(8)5(9)3-7/h4-5H,1-3,6-9H2. The summed E-state index contributed by atoms with van der Waals surface area (Å²) in [5, 5.41) is 0. The monoisotopic (exact) mass is 200 g/mol. The Hall–Kier alpha value is 1.72. The van der Waals surface area contributed by atoms with Crippen LogP contribution < -0.4 is 0 Å². The van der Waals surface area contributed by atoms with Gasteiger partial charge >= 0.3 is 0 Å². The number of hydrogen-bond acceptors (Lipinski definition) is 0. The Labute approximate surface area is 67.5 Å². The predicted octanol–water partition coefficient (Wildman–Crippen LogP) is 1.61. The van der Waals surface area contributed by atoms with Crippen molar-refractivity contribution in [3.05, 3.63) is 0 Å². The van der Waals surface area contributed by atoms with E-state index in [4.69, 9.17) is 0 Å². The zero-order valence-corrected chi connectivity index (χ0v) is 10.2. The van der Waals surface area contributed by atoms with Gasteiger partial charge < -0.3 is 0 Å². The molecule has 6 unspecified atom stereocenters. The van der Waals surface area contributed by atoms with Crippen molar-refractivity contribution in [2.75, 3.05) is 12.3 Å². The summed E-state index contributed by atoms with van der Waals surface area (Å²) < 4.78 is 0. The van der Waals surface area contributed by atoms with Gasteiger partial charge in [0.2, 0.25) is 0 Å². The zero-order valence-electron chi connectivity index (χ0n) is 5.59. The molecule has 0 heterocycles. The molecule has 0 aromatic carbocycles. The summed E-state index contributed by atoms with van der Waals surface area (Å²) in [6.07, 6.45) is 3.69. The zero-order chi connectivity index (χ0) is 7.28. The van der Waals surface area contributed by atoms with Crippen LogP contribution in [0.4, 0.5) is 0 Å². The van der Waals surface area contributed by atoms with E-state index in [1.165, 1.54) is 18.7 Å². The summed E-state index contributed by atoms with van der Waals surface area (Å²) in [6.45, 7) is 0. The highest BCUT2D eigenvalue weighted by Gasteiger charge is 2.07. The van der Waals surface area contributed by atoms with Gasteiger partial charge in [-0.2, -0.15) is 0 Å². The molecular formula is C5H16P4. The maximum atomic E-state index is 2.89. The first-order chi connectivity index (χ1) is 4.22. The van der Waals surface area contributed by atoms with Gasteiger partial charge in [-0.1, -0.05) is 0 Å². The van der Waals surface area contributed by atoms with Crippen molar-refractivity contribution < 1.29 is 0 Å². The summed E-state index contributed by atoms with van der Waals surface area (Å²) in [7, 11) is 11.3. The molecule has 0 N–H and O–H groups in total. The SMILES string of the molecule is PCCC(P)C(P)CP. The van der Waals surface area contributed by atoms with Crippen molar-refractivity contribution in [1.82, 2.24) is 0 Å². The van der Waals surface area contributed by atoms with Gasteiger partial charge in [-0.05, 0) is 30.1 Å². The van der Waals surface area contributed by atoms with Gasteiger partial charge in [-0.3, -0.25) is 0 Å². The van der Waals surface area contributed by atoms with Gasteiger partial charge in [0.25, 0.3) is 0 Å². The van der Waals surface area contributed by atoms with E-state index in [2.05, 4.69) is 37.0 Å². The summed E-state index contributed by atoms with van der Waals surface area (Å²) in [5.74, 6) is 0. The normalized spacial score (nSPS) is 17.3. The lowest BCUT2D eigenvalue weighted by atomic mass is 10.2. The Morgan fingerprint density at radius 2 is 1.56 bits per heavy atom. The quantitative estimate of drug-likeness (QED) is 0.605. The lowest BCUT2D eigenvalue weighted by Crippen LogP contribution is -2.15. The van der Waals surface area contributed by atoms with Crippen LogP contribution in [-0.4, -0.2) is 23.6 Å². The second-order valence-electron chi connectivity index (χ2n) is 2.14. The van der Waals surface area contributed by atoms with E-state index in [0.29, 0.717) is 0 Å². The maximum Gasteiger partial charge on any atom is -0.0167 e. The molecule has 9 heavy (non-hydrogen) atoms. The van der Waals surface area contributed by atoms with Crippen LogP contribution in [0, 0.1) is 0 Å². The van der Waals surface area contributed by atoms with Gasteiger partial charge in [0, 0.05) is 0 Å². The second-order valence-corrected chi connectivity index (χ2v) is 4.90. The van der Waals surface area contributed by atoms with E-state index < -0.39 is 0 Å². The van der Waals surface area contributed by atoms with Crippen LogP contribution in [-0.2, 0) is 0 Å². The average Bonchev–Trinajstić information content (AvgIpc) is 1.87. The van der Waals surface area contributed by atoms with E-state index in [-0.39, 0.29) is 0 Å². The predicted molar refractivity (Wildman–Crippen MR) is 60.8 cm³/mol. The highest BCUT2D eigenvalue weighted by atomic mass is 31.0. The van der Waals surface area contributed by atoms with Crippen LogP contribution in [0.15, 0.2) is 0 Å². The van der Waals surface area contributed by atoms with Gasteiger partial charge in [0.05, 0.1) is 0 Å². The molecule has 0 fully saturated rings. The summed E-state index contributed by atoms with van der Waals surface area (Å²) in [5.41, 5.74) is 1.52. The fraction of sp³-hybridized carbons (Fsp3) is 1.00. The Kier molecular flexibility index (Phi) is 7.66. The molecule has 0 saturated carbocycles. The Balaban J connectivity index is 3.32. The molecule has 0 rings (SSSR count). The molecule has 0 radical (unpaired) electrons. The minimum Gasteiger partial charge on any atom is -0.138 e. The van der Waals surface area contributed by atoms with Crippen LogP contribution in [0.5, 0.6) is 0 Å². The fourth-order valence-electron chi connectivity index (χ4n) is 0.581. The van der Waals surface area contributed by atoms with Crippen molar-refractivity contribution in [2.45, 2.75) is 17.7 Å². The summed E-state index contributed by atoms with van der Waals surface area (Å²) in [4.78, 5) is 0.